The van der Waals surface area contributed by atoms with Gasteiger partial charge in [0.05, 0.1) is 12.2 Å². The predicted octanol–water partition coefficient (Wildman–Crippen LogP) is -0.423. The van der Waals surface area contributed by atoms with E-state index in [2.05, 4.69) is 15.5 Å². The maximum absolute atomic E-state index is 10.6. The van der Waals surface area contributed by atoms with E-state index in [9.17, 15) is 4.79 Å². The minimum Gasteiger partial charge on any atom is -0.480 e. The van der Waals surface area contributed by atoms with Gasteiger partial charge in [-0.25, -0.2) is 4.68 Å². The average molecular weight is 251 g/mol. The molecule has 8 heteroatoms. The summed E-state index contributed by atoms with van der Waals surface area (Å²) in [6.45, 7) is 2.22. The van der Waals surface area contributed by atoms with E-state index in [0.29, 0.717) is 12.2 Å². The number of nitrogens with two attached hydrogens (primary N) is 1. The Kier molecular flexibility index (Phi) is 3.38. The van der Waals surface area contributed by atoms with E-state index in [0.717, 1.165) is 11.5 Å². The lowest BCUT2D eigenvalue weighted by molar-refractivity contribution is -0.138. The van der Waals surface area contributed by atoms with Gasteiger partial charge >= 0.3 is 5.97 Å². The molecule has 0 aliphatic carbocycles. The van der Waals surface area contributed by atoms with Gasteiger partial charge in [-0.05, 0) is 6.92 Å². The van der Waals surface area contributed by atoms with Crippen molar-refractivity contribution in [1.82, 2.24) is 20.2 Å². The van der Waals surface area contributed by atoms with E-state index < -0.39 is 12.0 Å². The van der Waals surface area contributed by atoms with Crippen molar-refractivity contribution in [2.45, 2.75) is 25.9 Å². The van der Waals surface area contributed by atoms with Gasteiger partial charge in [0, 0.05) is 18.7 Å². The lowest BCUT2D eigenvalue weighted by Gasteiger charge is -2.01. The van der Waals surface area contributed by atoms with Crippen LogP contribution in [0.2, 0.25) is 0 Å². The van der Waals surface area contributed by atoms with Crippen LogP contribution in [-0.4, -0.2) is 37.3 Å². The number of hydrogen-bond donors (Lipinski definition) is 2. The molecule has 0 aliphatic rings. The minimum absolute atomic E-state index is 0.146. The summed E-state index contributed by atoms with van der Waals surface area (Å²) in [6, 6.07) is 0.828. The van der Waals surface area contributed by atoms with Crippen molar-refractivity contribution in [3.8, 4) is 0 Å². The Bertz CT molecular complexity index is 547. The average Bonchev–Trinajstić information content (AvgIpc) is 2.89. The van der Waals surface area contributed by atoms with Crippen LogP contribution < -0.4 is 5.73 Å². The lowest BCUT2D eigenvalue weighted by atomic mass is 10.2. The molecule has 0 saturated carbocycles. The molecule has 2 aromatic rings. The summed E-state index contributed by atoms with van der Waals surface area (Å²) in [5, 5.41) is 20.2. The molecular formula is C10H13N5O3. The highest BCUT2D eigenvalue weighted by atomic mass is 16.5. The van der Waals surface area contributed by atoms with Crippen LogP contribution in [0.5, 0.6) is 0 Å². The molecule has 0 amide bonds. The summed E-state index contributed by atoms with van der Waals surface area (Å²) in [7, 11) is 0. The van der Waals surface area contributed by atoms with Crippen molar-refractivity contribution < 1.29 is 14.4 Å². The molecule has 0 aromatic carbocycles. The maximum Gasteiger partial charge on any atom is 0.320 e. The van der Waals surface area contributed by atoms with Gasteiger partial charge in [-0.3, -0.25) is 4.79 Å². The van der Waals surface area contributed by atoms with Crippen molar-refractivity contribution in [1.29, 1.82) is 0 Å². The van der Waals surface area contributed by atoms with Gasteiger partial charge in [-0.2, -0.15) is 0 Å². The van der Waals surface area contributed by atoms with Crippen LogP contribution in [0.4, 0.5) is 0 Å². The number of nitrogens with zero attached hydrogens (tertiary/aromatic N) is 4. The van der Waals surface area contributed by atoms with Gasteiger partial charge < -0.3 is 15.4 Å². The van der Waals surface area contributed by atoms with Crippen LogP contribution in [0, 0.1) is 6.92 Å². The fraction of sp³-hybridized carbons (Fsp3) is 0.400. The van der Waals surface area contributed by atoms with Crippen molar-refractivity contribution in [2.75, 3.05) is 0 Å². The summed E-state index contributed by atoms with van der Waals surface area (Å²) in [4.78, 5) is 10.6. The maximum atomic E-state index is 10.6. The topological polar surface area (TPSA) is 120 Å². The van der Waals surface area contributed by atoms with Gasteiger partial charge in [-0.1, -0.05) is 10.4 Å². The molecule has 0 spiro atoms. The van der Waals surface area contributed by atoms with Crippen molar-refractivity contribution in [2.24, 2.45) is 5.73 Å². The smallest absolute Gasteiger partial charge is 0.320 e. The van der Waals surface area contributed by atoms with Crippen molar-refractivity contribution in [3.63, 3.8) is 0 Å². The molecule has 18 heavy (non-hydrogen) atoms. The highest BCUT2D eigenvalue weighted by Crippen LogP contribution is 2.04. The van der Waals surface area contributed by atoms with Gasteiger partial charge in [0.25, 0.3) is 0 Å². The number of carboxylic acids is 1. The number of aryl methyl sites for hydroxylation is 1. The molecule has 1 unspecified atom stereocenters. The first-order valence-corrected chi connectivity index (χ1v) is 5.34. The highest BCUT2D eigenvalue weighted by molar-refractivity contribution is 5.73. The van der Waals surface area contributed by atoms with E-state index in [-0.39, 0.29) is 6.42 Å². The quantitative estimate of drug-likeness (QED) is 0.740. The van der Waals surface area contributed by atoms with Gasteiger partial charge in [-0.15, -0.1) is 5.10 Å². The molecule has 0 aliphatic heterocycles. The number of aromatic nitrogens is 4. The normalized spacial score (nSPS) is 12.6. The number of carbonyl (C=O) groups is 1. The molecule has 96 valence electrons. The molecule has 0 saturated heterocycles. The van der Waals surface area contributed by atoms with Gasteiger partial charge in [0.1, 0.15) is 17.5 Å². The molecule has 8 nitrogen and oxygen atoms in total. The Balaban J connectivity index is 2.00. The van der Waals surface area contributed by atoms with E-state index in [1.165, 1.54) is 0 Å². The minimum atomic E-state index is -1.06. The third kappa shape index (κ3) is 2.92. The summed E-state index contributed by atoms with van der Waals surface area (Å²) < 4.78 is 6.49. The van der Waals surface area contributed by atoms with Gasteiger partial charge in [0.15, 0.2) is 0 Å². The standard InChI is InChI=1S/C10H13N5O3/c1-6-2-8(13-18-6)5-15-4-7(12-14-15)3-9(11)10(16)17/h2,4,9H,3,5,11H2,1H3,(H,16,17). The van der Waals surface area contributed by atoms with E-state index >= 15 is 0 Å². The Hall–Kier alpha value is -2.22. The first-order chi connectivity index (χ1) is 8.54. The largest absolute Gasteiger partial charge is 0.480 e. The van der Waals surface area contributed by atoms with Gasteiger partial charge in [0.2, 0.25) is 0 Å². The van der Waals surface area contributed by atoms with E-state index in [1.807, 2.05) is 0 Å². The summed E-state index contributed by atoms with van der Waals surface area (Å²) in [6.07, 6.45) is 1.79. The molecular weight excluding hydrogens is 238 g/mol. The Morgan fingerprint density at radius 3 is 3.00 bits per heavy atom. The zero-order chi connectivity index (χ0) is 13.1. The number of hydrogen-bond acceptors (Lipinski definition) is 6. The highest BCUT2D eigenvalue weighted by Gasteiger charge is 2.14. The first kappa shape index (κ1) is 12.2. The molecule has 0 fully saturated rings. The lowest BCUT2D eigenvalue weighted by Crippen LogP contribution is -2.32. The number of carboxylic acid groups (broad SMARTS) is 1. The fourth-order valence-electron chi connectivity index (χ4n) is 1.48. The molecule has 2 aromatic heterocycles. The Labute approximate surface area is 102 Å². The summed E-state index contributed by atoms with van der Waals surface area (Å²) >= 11 is 0. The predicted molar refractivity (Wildman–Crippen MR) is 59.7 cm³/mol. The molecule has 0 bridgehead atoms. The number of aliphatic carboxylic acids is 1. The second kappa shape index (κ2) is 4.96. The monoisotopic (exact) mass is 251 g/mol. The second-order valence-electron chi connectivity index (χ2n) is 3.99. The van der Waals surface area contributed by atoms with Crippen LogP contribution in [0.3, 0.4) is 0 Å². The summed E-state index contributed by atoms with van der Waals surface area (Å²) in [5.41, 5.74) is 6.67. The van der Waals surface area contributed by atoms with Crippen LogP contribution in [-0.2, 0) is 17.8 Å². The third-order valence-corrected chi connectivity index (χ3v) is 2.33. The van der Waals surface area contributed by atoms with Crippen molar-refractivity contribution >= 4 is 5.97 Å². The molecule has 1 atom stereocenters. The summed E-state index contributed by atoms with van der Waals surface area (Å²) in [5.74, 6) is -0.338. The second-order valence-corrected chi connectivity index (χ2v) is 3.99. The SMILES string of the molecule is Cc1cc(Cn2cc(CC(N)C(=O)O)nn2)no1. The van der Waals surface area contributed by atoms with Crippen LogP contribution in [0.25, 0.3) is 0 Å². The first-order valence-electron chi connectivity index (χ1n) is 5.34. The molecule has 2 heterocycles. The van der Waals surface area contributed by atoms with Crippen molar-refractivity contribution in [3.05, 3.63) is 29.4 Å². The molecule has 2 rings (SSSR count). The van der Waals surface area contributed by atoms with Crippen LogP contribution in [0.15, 0.2) is 16.8 Å². The Morgan fingerprint density at radius 1 is 1.61 bits per heavy atom. The number of rotatable bonds is 5. The van der Waals surface area contributed by atoms with E-state index in [1.54, 1.807) is 23.9 Å². The third-order valence-electron chi connectivity index (χ3n) is 2.33. The zero-order valence-electron chi connectivity index (χ0n) is 9.78. The molecule has 0 radical (unpaired) electrons. The van der Waals surface area contributed by atoms with E-state index in [4.69, 9.17) is 15.4 Å². The zero-order valence-corrected chi connectivity index (χ0v) is 9.78. The Morgan fingerprint density at radius 2 is 2.39 bits per heavy atom. The van der Waals surface area contributed by atoms with Crippen LogP contribution >= 0.6 is 0 Å². The van der Waals surface area contributed by atoms with Crippen LogP contribution in [0.1, 0.15) is 17.1 Å². The fourth-order valence-corrected chi connectivity index (χ4v) is 1.48. The molecule has 3 N–H and O–H groups in total.